The van der Waals surface area contributed by atoms with E-state index in [4.69, 9.17) is 14.2 Å². The number of benzene rings is 1. The number of nitrogens with one attached hydrogen (secondary N) is 1. The minimum absolute atomic E-state index is 0.0580. The summed E-state index contributed by atoms with van der Waals surface area (Å²) >= 11 is 0. The van der Waals surface area contributed by atoms with Gasteiger partial charge in [-0.2, -0.15) is 0 Å². The molecule has 2 aliphatic rings. The number of hydrogen-bond donors (Lipinski definition) is 1. The number of ether oxygens (including phenoxy) is 3. The second-order valence-corrected chi connectivity index (χ2v) is 6.54. The number of fused-ring (bicyclic) bond motifs is 1. The van der Waals surface area contributed by atoms with Crippen LogP contribution in [0.15, 0.2) is 18.2 Å². The van der Waals surface area contributed by atoms with Gasteiger partial charge in [0, 0.05) is 45.5 Å². The monoisotopic (exact) mass is 363 g/mol. The van der Waals surface area contributed by atoms with Gasteiger partial charge in [0.25, 0.3) is 0 Å². The Kier molecular flexibility index (Phi) is 5.82. The molecule has 3 amide bonds. The standard InChI is InChI=1S/C18H25N3O5/c1-20(8-9-24-2)17(22)13-4-3-7-21(11-13)18(23)19-14-5-6-15-16(10-14)26-12-25-15/h5-6,10,13H,3-4,7-9,11-12H2,1-2H3,(H,19,23). The van der Waals surface area contributed by atoms with Gasteiger partial charge in [-0.25, -0.2) is 4.79 Å². The molecule has 142 valence electrons. The molecule has 0 saturated carbocycles. The molecule has 0 aliphatic carbocycles. The molecule has 2 heterocycles. The second-order valence-electron chi connectivity index (χ2n) is 6.54. The zero-order chi connectivity index (χ0) is 18.5. The van der Waals surface area contributed by atoms with E-state index < -0.39 is 0 Å². The largest absolute Gasteiger partial charge is 0.454 e. The average molecular weight is 363 g/mol. The molecular formula is C18H25N3O5. The van der Waals surface area contributed by atoms with Gasteiger partial charge < -0.3 is 29.3 Å². The third-order valence-electron chi connectivity index (χ3n) is 4.69. The van der Waals surface area contributed by atoms with Crippen molar-refractivity contribution in [1.82, 2.24) is 9.80 Å². The van der Waals surface area contributed by atoms with E-state index in [2.05, 4.69) is 5.32 Å². The maximum atomic E-state index is 12.6. The van der Waals surface area contributed by atoms with Crippen molar-refractivity contribution in [3.63, 3.8) is 0 Å². The zero-order valence-electron chi connectivity index (χ0n) is 15.2. The van der Waals surface area contributed by atoms with Crippen LogP contribution in [0.25, 0.3) is 0 Å². The van der Waals surface area contributed by atoms with Crippen LogP contribution in [-0.4, -0.2) is 68.9 Å². The molecule has 1 saturated heterocycles. The fourth-order valence-electron chi connectivity index (χ4n) is 3.19. The number of rotatable bonds is 5. The van der Waals surface area contributed by atoms with Crippen LogP contribution in [0.4, 0.5) is 10.5 Å². The Labute approximate surface area is 153 Å². The first-order chi connectivity index (χ1) is 12.6. The highest BCUT2D eigenvalue weighted by molar-refractivity contribution is 5.90. The number of nitrogens with zero attached hydrogens (tertiary/aromatic N) is 2. The molecule has 8 heteroatoms. The van der Waals surface area contributed by atoms with Crippen molar-refractivity contribution in [3.8, 4) is 11.5 Å². The van der Waals surface area contributed by atoms with E-state index in [0.29, 0.717) is 43.4 Å². The lowest BCUT2D eigenvalue weighted by atomic mass is 9.97. The number of amides is 3. The molecule has 1 unspecified atom stereocenters. The summed E-state index contributed by atoms with van der Waals surface area (Å²) in [6.45, 7) is 2.31. The lowest BCUT2D eigenvalue weighted by Crippen LogP contribution is -2.47. The summed E-state index contributed by atoms with van der Waals surface area (Å²) in [4.78, 5) is 28.5. The summed E-state index contributed by atoms with van der Waals surface area (Å²) in [6.07, 6.45) is 1.60. The average Bonchev–Trinajstić information content (AvgIpc) is 3.13. The van der Waals surface area contributed by atoms with Crippen LogP contribution >= 0.6 is 0 Å². The van der Waals surface area contributed by atoms with Crippen LogP contribution in [0.5, 0.6) is 11.5 Å². The molecule has 0 radical (unpaired) electrons. The molecule has 1 aromatic rings. The predicted octanol–water partition coefficient (Wildman–Crippen LogP) is 1.76. The summed E-state index contributed by atoms with van der Waals surface area (Å²) in [5.41, 5.74) is 0.643. The molecule has 1 N–H and O–H groups in total. The molecule has 0 bridgehead atoms. The topological polar surface area (TPSA) is 80.3 Å². The molecule has 3 rings (SSSR count). The van der Waals surface area contributed by atoms with Gasteiger partial charge in [0.05, 0.1) is 12.5 Å². The minimum atomic E-state index is -0.207. The van der Waals surface area contributed by atoms with Crippen molar-refractivity contribution >= 4 is 17.6 Å². The first-order valence-corrected chi connectivity index (χ1v) is 8.78. The normalized spacial score (nSPS) is 18.5. The Morgan fingerprint density at radius 1 is 1.35 bits per heavy atom. The van der Waals surface area contributed by atoms with Gasteiger partial charge in [0.15, 0.2) is 11.5 Å². The van der Waals surface area contributed by atoms with Gasteiger partial charge in [-0.05, 0) is 25.0 Å². The van der Waals surface area contributed by atoms with Gasteiger partial charge in [-0.1, -0.05) is 0 Å². The summed E-state index contributed by atoms with van der Waals surface area (Å²) < 4.78 is 15.6. The number of hydrogen-bond acceptors (Lipinski definition) is 5. The molecule has 0 aromatic heterocycles. The number of carbonyl (C=O) groups is 2. The van der Waals surface area contributed by atoms with Gasteiger partial charge in [0.1, 0.15) is 0 Å². The number of carbonyl (C=O) groups excluding carboxylic acids is 2. The third kappa shape index (κ3) is 4.19. The smallest absolute Gasteiger partial charge is 0.321 e. The van der Waals surface area contributed by atoms with Crippen LogP contribution < -0.4 is 14.8 Å². The zero-order valence-corrected chi connectivity index (χ0v) is 15.2. The lowest BCUT2D eigenvalue weighted by Gasteiger charge is -2.34. The lowest BCUT2D eigenvalue weighted by molar-refractivity contribution is -0.136. The van der Waals surface area contributed by atoms with Crippen molar-refractivity contribution in [2.75, 3.05) is 52.5 Å². The van der Waals surface area contributed by atoms with Crippen LogP contribution in [0, 0.1) is 5.92 Å². The summed E-state index contributed by atoms with van der Waals surface area (Å²) in [7, 11) is 3.38. The van der Waals surface area contributed by atoms with Gasteiger partial charge in [-0.3, -0.25) is 4.79 Å². The minimum Gasteiger partial charge on any atom is -0.454 e. The van der Waals surface area contributed by atoms with Gasteiger partial charge >= 0.3 is 6.03 Å². The molecule has 8 nitrogen and oxygen atoms in total. The summed E-state index contributed by atoms with van der Waals surface area (Å²) in [5.74, 6) is 1.18. The predicted molar refractivity (Wildman–Crippen MR) is 95.4 cm³/mol. The van der Waals surface area contributed by atoms with Crippen molar-refractivity contribution in [2.24, 2.45) is 5.92 Å². The Bertz CT molecular complexity index is 666. The fourth-order valence-corrected chi connectivity index (χ4v) is 3.19. The Morgan fingerprint density at radius 3 is 2.96 bits per heavy atom. The number of likely N-dealkylation sites (N-methyl/N-ethyl adjacent to an activating group) is 1. The molecule has 2 aliphatic heterocycles. The number of urea groups is 1. The molecular weight excluding hydrogens is 338 g/mol. The Balaban J connectivity index is 1.56. The van der Waals surface area contributed by atoms with Crippen molar-refractivity contribution in [3.05, 3.63) is 18.2 Å². The number of methoxy groups -OCH3 is 1. The highest BCUT2D eigenvalue weighted by Crippen LogP contribution is 2.34. The van der Waals surface area contributed by atoms with Crippen molar-refractivity contribution in [2.45, 2.75) is 12.8 Å². The van der Waals surface area contributed by atoms with E-state index in [0.717, 1.165) is 12.8 Å². The quantitative estimate of drug-likeness (QED) is 0.862. The fraction of sp³-hybridized carbons (Fsp3) is 0.556. The van der Waals surface area contributed by atoms with E-state index in [1.54, 1.807) is 42.2 Å². The van der Waals surface area contributed by atoms with Gasteiger partial charge in [-0.15, -0.1) is 0 Å². The molecule has 0 spiro atoms. The summed E-state index contributed by atoms with van der Waals surface area (Å²) in [6, 6.07) is 5.08. The van der Waals surface area contributed by atoms with E-state index in [1.807, 2.05) is 0 Å². The molecule has 1 fully saturated rings. The van der Waals surface area contributed by atoms with E-state index in [9.17, 15) is 9.59 Å². The van der Waals surface area contributed by atoms with E-state index in [1.165, 1.54) is 0 Å². The highest BCUT2D eigenvalue weighted by atomic mass is 16.7. The van der Waals surface area contributed by atoms with Gasteiger partial charge in [0.2, 0.25) is 12.7 Å². The molecule has 1 atom stereocenters. The van der Waals surface area contributed by atoms with Crippen molar-refractivity contribution < 1.29 is 23.8 Å². The van der Waals surface area contributed by atoms with Crippen LogP contribution in [-0.2, 0) is 9.53 Å². The third-order valence-corrected chi connectivity index (χ3v) is 4.69. The maximum absolute atomic E-state index is 12.6. The van der Waals surface area contributed by atoms with Crippen LogP contribution in [0.1, 0.15) is 12.8 Å². The molecule has 26 heavy (non-hydrogen) atoms. The molecule has 1 aromatic carbocycles. The van der Waals surface area contributed by atoms with Crippen LogP contribution in [0.3, 0.4) is 0 Å². The van der Waals surface area contributed by atoms with Crippen molar-refractivity contribution in [1.29, 1.82) is 0 Å². The SMILES string of the molecule is COCCN(C)C(=O)C1CCCN(C(=O)Nc2ccc3c(c2)OCO3)C1. The van der Waals surface area contributed by atoms with Crippen LogP contribution in [0.2, 0.25) is 0 Å². The Hall–Kier alpha value is -2.48. The second kappa shape index (κ2) is 8.27. The number of anilines is 1. The highest BCUT2D eigenvalue weighted by Gasteiger charge is 2.30. The van der Waals surface area contributed by atoms with E-state index >= 15 is 0 Å². The maximum Gasteiger partial charge on any atom is 0.321 e. The number of piperidine rings is 1. The summed E-state index contributed by atoms with van der Waals surface area (Å²) in [5, 5.41) is 2.87. The first kappa shape index (κ1) is 18.3. The first-order valence-electron chi connectivity index (χ1n) is 8.78. The van der Waals surface area contributed by atoms with E-state index in [-0.39, 0.29) is 24.6 Å². The Morgan fingerprint density at radius 2 is 2.15 bits per heavy atom. The number of likely N-dealkylation sites (tertiary alicyclic amines) is 1.